The molecule has 8 heteroatoms. The lowest BCUT2D eigenvalue weighted by molar-refractivity contribution is -0.137. The van der Waals surface area contributed by atoms with Crippen LogP contribution in [0.15, 0.2) is 48.5 Å². The van der Waals surface area contributed by atoms with Crippen LogP contribution in [0.2, 0.25) is 5.02 Å². The number of carbonyl (C=O) groups excluding carboxylic acids is 1. The minimum atomic E-state index is -4.36. The number of halogens is 4. The van der Waals surface area contributed by atoms with Gasteiger partial charge in [-0.3, -0.25) is 9.69 Å². The van der Waals surface area contributed by atoms with Crippen molar-refractivity contribution in [3.63, 3.8) is 0 Å². The standard InChI is InChI=1S/C22H25ClF3N3O/c1-2-27-21(30)20-11-19(14-29(20)13-16-6-4-8-18(23)10-16)28-12-15-5-3-7-17(9-15)22(24,25)26/h3-10,19-20,28H,2,11-14H2,1H3,(H,27,30)/t19-,20-/m0/s1. The van der Waals surface area contributed by atoms with Crippen molar-refractivity contribution in [2.24, 2.45) is 0 Å². The summed E-state index contributed by atoms with van der Waals surface area (Å²) in [6.07, 6.45) is -3.77. The predicted octanol–water partition coefficient (Wildman–Crippen LogP) is 4.23. The molecule has 0 bridgehead atoms. The molecule has 2 N–H and O–H groups in total. The number of likely N-dealkylation sites (tertiary alicyclic amines) is 1. The number of amides is 1. The zero-order valence-electron chi connectivity index (χ0n) is 16.7. The first kappa shape index (κ1) is 22.6. The third-order valence-corrected chi connectivity index (χ3v) is 5.42. The maximum atomic E-state index is 12.9. The van der Waals surface area contributed by atoms with E-state index in [1.807, 2.05) is 25.1 Å². The molecule has 0 radical (unpaired) electrons. The summed E-state index contributed by atoms with van der Waals surface area (Å²) >= 11 is 6.08. The Hall–Kier alpha value is -2.09. The Kier molecular flexibility index (Phi) is 7.39. The van der Waals surface area contributed by atoms with Crippen molar-refractivity contribution in [2.75, 3.05) is 13.1 Å². The minimum absolute atomic E-state index is 0.00802. The summed E-state index contributed by atoms with van der Waals surface area (Å²) in [5.74, 6) is -0.0390. The number of hydrogen-bond donors (Lipinski definition) is 2. The summed E-state index contributed by atoms with van der Waals surface area (Å²) in [7, 11) is 0. The van der Waals surface area contributed by atoms with Crippen LogP contribution in [0.5, 0.6) is 0 Å². The summed E-state index contributed by atoms with van der Waals surface area (Å²) in [4.78, 5) is 14.6. The first-order valence-corrected chi connectivity index (χ1v) is 10.3. The Morgan fingerprint density at radius 1 is 1.17 bits per heavy atom. The third-order valence-electron chi connectivity index (χ3n) is 5.18. The highest BCUT2D eigenvalue weighted by molar-refractivity contribution is 6.30. The average molecular weight is 440 g/mol. The third kappa shape index (κ3) is 5.97. The minimum Gasteiger partial charge on any atom is -0.355 e. The molecule has 0 unspecified atom stereocenters. The van der Waals surface area contributed by atoms with E-state index in [4.69, 9.17) is 11.6 Å². The summed E-state index contributed by atoms with van der Waals surface area (Å²) in [6, 6.07) is 12.5. The van der Waals surface area contributed by atoms with Gasteiger partial charge < -0.3 is 10.6 Å². The van der Waals surface area contributed by atoms with E-state index in [9.17, 15) is 18.0 Å². The number of benzene rings is 2. The van der Waals surface area contributed by atoms with E-state index in [0.717, 1.165) is 17.7 Å². The Balaban J connectivity index is 1.67. The molecule has 162 valence electrons. The second-order valence-corrected chi connectivity index (χ2v) is 7.92. The highest BCUT2D eigenvalue weighted by atomic mass is 35.5. The van der Waals surface area contributed by atoms with Crippen LogP contribution < -0.4 is 10.6 Å². The molecule has 3 rings (SSSR count). The van der Waals surface area contributed by atoms with Crippen LogP contribution in [0.25, 0.3) is 0 Å². The Morgan fingerprint density at radius 3 is 2.60 bits per heavy atom. The maximum Gasteiger partial charge on any atom is 0.416 e. The van der Waals surface area contributed by atoms with Crippen molar-refractivity contribution in [3.8, 4) is 0 Å². The van der Waals surface area contributed by atoms with Gasteiger partial charge in [0.25, 0.3) is 0 Å². The number of rotatable bonds is 7. The molecule has 2 atom stereocenters. The van der Waals surface area contributed by atoms with E-state index in [-0.39, 0.29) is 18.0 Å². The molecule has 1 aliphatic heterocycles. The van der Waals surface area contributed by atoms with E-state index < -0.39 is 11.7 Å². The summed E-state index contributed by atoms with van der Waals surface area (Å²) in [5, 5.41) is 6.83. The first-order chi connectivity index (χ1) is 14.3. The largest absolute Gasteiger partial charge is 0.416 e. The van der Waals surface area contributed by atoms with E-state index in [2.05, 4.69) is 15.5 Å². The molecule has 1 saturated heterocycles. The molecule has 0 aromatic heterocycles. The van der Waals surface area contributed by atoms with Gasteiger partial charge in [0.2, 0.25) is 5.91 Å². The van der Waals surface area contributed by atoms with Gasteiger partial charge in [-0.25, -0.2) is 0 Å². The second-order valence-electron chi connectivity index (χ2n) is 7.48. The summed E-state index contributed by atoms with van der Waals surface area (Å²) < 4.78 is 38.8. The molecular formula is C22H25ClF3N3O. The molecule has 0 saturated carbocycles. The lowest BCUT2D eigenvalue weighted by atomic mass is 10.1. The molecule has 30 heavy (non-hydrogen) atoms. The number of alkyl halides is 3. The Bertz CT molecular complexity index is 875. The van der Waals surface area contributed by atoms with Crippen molar-refractivity contribution in [3.05, 3.63) is 70.2 Å². The lowest BCUT2D eigenvalue weighted by Crippen LogP contribution is -2.42. The highest BCUT2D eigenvalue weighted by Crippen LogP contribution is 2.29. The van der Waals surface area contributed by atoms with E-state index in [0.29, 0.717) is 43.2 Å². The predicted molar refractivity (Wildman–Crippen MR) is 111 cm³/mol. The van der Waals surface area contributed by atoms with Gasteiger partial charge in [-0.05, 0) is 42.7 Å². The number of carbonyl (C=O) groups is 1. The van der Waals surface area contributed by atoms with Crippen LogP contribution in [0.3, 0.4) is 0 Å². The lowest BCUT2D eigenvalue weighted by Gasteiger charge is -2.23. The van der Waals surface area contributed by atoms with Crippen molar-refractivity contribution in [2.45, 2.75) is 44.7 Å². The van der Waals surface area contributed by atoms with Gasteiger partial charge in [-0.1, -0.05) is 41.9 Å². The fourth-order valence-corrected chi connectivity index (χ4v) is 3.99. The van der Waals surface area contributed by atoms with Crippen molar-refractivity contribution in [1.29, 1.82) is 0 Å². The van der Waals surface area contributed by atoms with Crippen LogP contribution in [0.4, 0.5) is 13.2 Å². The molecule has 2 aromatic rings. The molecule has 1 aliphatic rings. The van der Waals surface area contributed by atoms with Crippen molar-refractivity contribution >= 4 is 17.5 Å². The quantitative estimate of drug-likeness (QED) is 0.678. The zero-order chi connectivity index (χ0) is 21.7. The maximum absolute atomic E-state index is 12.9. The smallest absolute Gasteiger partial charge is 0.355 e. The van der Waals surface area contributed by atoms with Crippen LogP contribution in [-0.4, -0.2) is 36.0 Å². The Labute approximate surface area is 179 Å². The fraction of sp³-hybridized carbons (Fsp3) is 0.409. The average Bonchev–Trinajstić information content (AvgIpc) is 3.09. The van der Waals surface area contributed by atoms with Gasteiger partial charge in [-0.2, -0.15) is 13.2 Å². The van der Waals surface area contributed by atoms with Crippen LogP contribution in [-0.2, 0) is 24.1 Å². The van der Waals surface area contributed by atoms with Gasteiger partial charge in [0.15, 0.2) is 0 Å². The topological polar surface area (TPSA) is 44.4 Å². The number of nitrogens with one attached hydrogen (secondary N) is 2. The van der Waals surface area contributed by atoms with Gasteiger partial charge in [0, 0.05) is 37.2 Å². The number of nitrogens with zero attached hydrogens (tertiary/aromatic N) is 1. The second kappa shape index (κ2) is 9.81. The highest BCUT2D eigenvalue weighted by Gasteiger charge is 2.36. The van der Waals surface area contributed by atoms with Crippen molar-refractivity contribution < 1.29 is 18.0 Å². The van der Waals surface area contributed by atoms with Gasteiger partial charge in [-0.15, -0.1) is 0 Å². The van der Waals surface area contributed by atoms with Crippen LogP contribution >= 0.6 is 11.6 Å². The Morgan fingerprint density at radius 2 is 1.90 bits per heavy atom. The van der Waals surface area contributed by atoms with Gasteiger partial charge >= 0.3 is 6.18 Å². The monoisotopic (exact) mass is 439 g/mol. The normalized spacial score (nSPS) is 19.8. The van der Waals surface area contributed by atoms with E-state index in [1.165, 1.54) is 6.07 Å². The van der Waals surface area contributed by atoms with Crippen molar-refractivity contribution in [1.82, 2.24) is 15.5 Å². The van der Waals surface area contributed by atoms with Gasteiger partial charge in [0.1, 0.15) is 0 Å². The SMILES string of the molecule is CCNC(=O)[C@@H]1C[C@H](NCc2cccc(C(F)(F)F)c2)CN1Cc1cccc(Cl)c1. The van der Waals surface area contributed by atoms with Crippen LogP contribution in [0, 0.1) is 0 Å². The van der Waals surface area contributed by atoms with Crippen LogP contribution in [0.1, 0.15) is 30.0 Å². The molecule has 1 amide bonds. The number of likely N-dealkylation sites (N-methyl/N-ethyl adjacent to an activating group) is 1. The molecular weight excluding hydrogens is 415 g/mol. The summed E-state index contributed by atoms with van der Waals surface area (Å²) in [6.45, 7) is 3.92. The molecule has 4 nitrogen and oxygen atoms in total. The van der Waals surface area contributed by atoms with E-state index >= 15 is 0 Å². The fourth-order valence-electron chi connectivity index (χ4n) is 3.78. The number of hydrogen-bond acceptors (Lipinski definition) is 3. The summed E-state index contributed by atoms with van der Waals surface area (Å²) in [5.41, 5.74) is 0.916. The molecule has 1 heterocycles. The van der Waals surface area contributed by atoms with Gasteiger partial charge in [0.05, 0.1) is 11.6 Å². The molecule has 2 aromatic carbocycles. The molecule has 1 fully saturated rings. The molecule has 0 spiro atoms. The first-order valence-electron chi connectivity index (χ1n) is 9.92. The van der Waals surface area contributed by atoms with E-state index in [1.54, 1.807) is 12.1 Å². The zero-order valence-corrected chi connectivity index (χ0v) is 17.4. The molecule has 0 aliphatic carbocycles.